The molecule has 0 radical (unpaired) electrons. The second-order valence-electron chi connectivity index (χ2n) is 6.03. The van der Waals surface area contributed by atoms with Gasteiger partial charge in [0.1, 0.15) is 5.75 Å². The highest BCUT2D eigenvalue weighted by atomic mass is 16.5. The second-order valence-corrected chi connectivity index (χ2v) is 6.03. The van der Waals surface area contributed by atoms with Crippen LogP contribution in [0.1, 0.15) is 26.5 Å². The van der Waals surface area contributed by atoms with Crippen LogP contribution in [0.5, 0.6) is 5.75 Å². The van der Waals surface area contributed by atoms with E-state index in [1.165, 1.54) is 0 Å². The summed E-state index contributed by atoms with van der Waals surface area (Å²) in [7, 11) is 1.58. The van der Waals surface area contributed by atoms with E-state index in [9.17, 15) is 9.59 Å². The van der Waals surface area contributed by atoms with Crippen LogP contribution in [-0.2, 0) is 6.54 Å². The lowest BCUT2D eigenvalue weighted by atomic mass is 10.1. The van der Waals surface area contributed by atoms with Gasteiger partial charge in [-0.15, -0.1) is 0 Å². The Kier molecular flexibility index (Phi) is 4.32. The van der Waals surface area contributed by atoms with E-state index in [0.717, 1.165) is 10.6 Å². The van der Waals surface area contributed by atoms with Gasteiger partial charge in [-0.3, -0.25) is 14.5 Å². The number of ether oxygens (including phenoxy) is 1. The van der Waals surface area contributed by atoms with Crippen molar-refractivity contribution in [3.8, 4) is 5.75 Å². The molecule has 9 heteroatoms. The molecule has 2 aromatic carbocycles. The standard InChI is InChI=1S/C19H16N6O3/c1-28-12-8-6-11(7-9-12)21-19-23-15(22-18(20)24-19)10-25-16(26)13-4-2-3-5-14(13)17(25)27/h2-9H,10H2,1H3,(H3,20,21,22,23,24). The Bertz CT molecular complexity index is 1030. The van der Waals surface area contributed by atoms with Crippen molar-refractivity contribution in [2.45, 2.75) is 6.54 Å². The van der Waals surface area contributed by atoms with Crippen LogP contribution >= 0.6 is 0 Å². The third kappa shape index (κ3) is 3.20. The van der Waals surface area contributed by atoms with Gasteiger partial charge >= 0.3 is 0 Å². The van der Waals surface area contributed by atoms with Crippen molar-refractivity contribution in [2.75, 3.05) is 18.2 Å². The average Bonchev–Trinajstić information content (AvgIpc) is 2.93. The zero-order valence-corrected chi connectivity index (χ0v) is 14.9. The minimum absolute atomic E-state index is 0.0161. The first-order valence-corrected chi connectivity index (χ1v) is 8.42. The Hall–Kier alpha value is -4.01. The summed E-state index contributed by atoms with van der Waals surface area (Å²) in [4.78, 5) is 38.5. The summed E-state index contributed by atoms with van der Waals surface area (Å²) in [5, 5.41) is 3.01. The largest absolute Gasteiger partial charge is 0.497 e. The molecule has 3 N–H and O–H groups in total. The number of aromatic nitrogens is 3. The first-order valence-electron chi connectivity index (χ1n) is 8.42. The Morgan fingerprint density at radius 1 is 0.964 bits per heavy atom. The van der Waals surface area contributed by atoms with Crippen LogP contribution in [0.25, 0.3) is 0 Å². The monoisotopic (exact) mass is 376 g/mol. The molecule has 1 aliphatic heterocycles. The van der Waals surface area contributed by atoms with Gasteiger partial charge in [-0.05, 0) is 36.4 Å². The van der Waals surface area contributed by atoms with Crippen molar-refractivity contribution in [3.05, 3.63) is 65.5 Å². The highest BCUT2D eigenvalue weighted by molar-refractivity contribution is 6.21. The average molecular weight is 376 g/mol. The molecule has 2 heterocycles. The van der Waals surface area contributed by atoms with E-state index < -0.39 is 0 Å². The number of amides is 2. The Balaban J connectivity index is 1.56. The predicted octanol–water partition coefficient (Wildman–Crippen LogP) is 2.00. The maximum atomic E-state index is 12.5. The third-order valence-electron chi connectivity index (χ3n) is 4.22. The Morgan fingerprint density at radius 2 is 1.61 bits per heavy atom. The van der Waals surface area contributed by atoms with Crippen LogP contribution in [0.15, 0.2) is 48.5 Å². The fourth-order valence-corrected chi connectivity index (χ4v) is 2.89. The van der Waals surface area contributed by atoms with E-state index in [1.807, 2.05) is 0 Å². The quantitative estimate of drug-likeness (QED) is 0.648. The number of nitrogen functional groups attached to an aromatic ring is 1. The van der Waals surface area contributed by atoms with Crippen LogP contribution < -0.4 is 15.8 Å². The van der Waals surface area contributed by atoms with Crippen LogP contribution in [0.4, 0.5) is 17.6 Å². The van der Waals surface area contributed by atoms with Crippen molar-refractivity contribution in [3.63, 3.8) is 0 Å². The van der Waals surface area contributed by atoms with E-state index in [-0.39, 0.29) is 36.1 Å². The highest BCUT2D eigenvalue weighted by Gasteiger charge is 2.35. The van der Waals surface area contributed by atoms with Crippen molar-refractivity contribution in [1.29, 1.82) is 0 Å². The number of carbonyl (C=O) groups excluding carboxylic acids is 2. The van der Waals surface area contributed by atoms with Gasteiger partial charge in [0, 0.05) is 5.69 Å². The van der Waals surface area contributed by atoms with Crippen molar-refractivity contribution in [2.24, 2.45) is 0 Å². The molecular formula is C19H16N6O3. The number of nitrogens with zero attached hydrogens (tertiary/aromatic N) is 4. The van der Waals surface area contributed by atoms with Crippen LogP contribution in [0.2, 0.25) is 0 Å². The number of carbonyl (C=O) groups is 2. The molecule has 0 atom stereocenters. The van der Waals surface area contributed by atoms with E-state index in [1.54, 1.807) is 55.6 Å². The molecule has 0 bridgehead atoms. The molecular weight excluding hydrogens is 360 g/mol. The molecule has 2 amide bonds. The summed E-state index contributed by atoms with van der Waals surface area (Å²) in [5.74, 6) is 0.348. The van der Waals surface area contributed by atoms with E-state index in [0.29, 0.717) is 16.9 Å². The van der Waals surface area contributed by atoms with Gasteiger partial charge < -0.3 is 15.8 Å². The molecule has 0 unspecified atom stereocenters. The number of methoxy groups -OCH3 is 1. The summed E-state index contributed by atoms with van der Waals surface area (Å²) >= 11 is 0. The number of nitrogens with two attached hydrogens (primary N) is 1. The smallest absolute Gasteiger partial charge is 0.261 e. The van der Waals surface area contributed by atoms with E-state index >= 15 is 0 Å². The number of rotatable bonds is 5. The Morgan fingerprint density at radius 3 is 2.21 bits per heavy atom. The van der Waals surface area contributed by atoms with Gasteiger partial charge in [-0.2, -0.15) is 15.0 Å². The maximum Gasteiger partial charge on any atom is 0.261 e. The fraction of sp³-hybridized carbons (Fsp3) is 0.105. The molecule has 0 fully saturated rings. The minimum atomic E-state index is -0.385. The summed E-state index contributed by atoms with van der Waals surface area (Å²) in [6, 6.07) is 13.8. The molecule has 9 nitrogen and oxygen atoms in total. The van der Waals surface area contributed by atoms with Crippen molar-refractivity contribution < 1.29 is 14.3 Å². The number of fused-ring (bicyclic) bond motifs is 1. The van der Waals surface area contributed by atoms with Gasteiger partial charge in [-0.25, -0.2) is 0 Å². The van der Waals surface area contributed by atoms with Crippen LogP contribution in [0, 0.1) is 0 Å². The number of benzene rings is 2. The number of hydrogen-bond acceptors (Lipinski definition) is 8. The van der Waals surface area contributed by atoms with Gasteiger partial charge in [0.05, 0.1) is 24.8 Å². The molecule has 0 saturated carbocycles. The van der Waals surface area contributed by atoms with Gasteiger partial charge in [0.25, 0.3) is 11.8 Å². The number of nitrogens with one attached hydrogen (secondary N) is 1. The Labute approximate surface area is 160 Å². The summed E-state index contributed by atoms with van der Waals surface area (Å²) in [6.07, 6.45) is 0. The third-order valence-corrected chi connectivity index (χ3v) is 4.22. The SMILES string of the molecule is COc1ccc(Nc2nc(N)nc(CN3C(=O)c4ccccc4C3=O)n2)cc1. The number of imide groups is 1. The maximum absolute atomic E-state index is 12.5. The molecule has 0 spiro atoms. The van der Waals surface area contributed by atoms with Crippen LogP contribution in [-0.4, -0.2) is 38.8 Å². The van der Waals surface area contributed by atoms with Gasteiger partial charge in [-0.1, -0.05) is 12.1 Å². The first-order chi connectivity index (χ1) is 13.5. The molecule has 1 aliphatic rings. The normalized spacial score (nSPS) is 12.8. The molecule has 28 heavy (non-hydrogen) atoms. The number of anilines is 3. The predicted molar refractivity (Wildman–Crippen MR) is 101 cm³/mol. The molecule has 0 saturated heterocycles. The molecule has 0 aliphatic carbocycles. The lowest BCUT2D eigenvalue weighted by Crippen LogP contribution is -2.30. The lowest BCUT2D eigenvalue weighted by Gasteiger charge is -2.13. The van der Waals surface area contributed by atoms with E-state index in [4.69, 9.17) is 10.5 Å². The zero-order chi connectivity index (χ0) is 19.7. The molecule has 4 rings (SSSR count). The minimum Gasteiger partial charge on any atom is -0.497 e. The molecule has 3 aromatic rings. The topological polar surface area (TPSA) is 123 Å². The summed E-state index contributed by atoms with van der Waals surface area (Å²) < 4.78 is 5.12. The first kappa shape index (κ1) is 17.4. The molecule has 140 valence electrons. The van der Waals surface area contributed by atoms with Crippen molar-refractivity contribution in [1.82, 2.24) is 19.9 Å². The van der Waals surface area contributed by atoms with Crippen molar-refractivity contribution >= 4 is 29.4 Å². The lowest BCUT2D eigenvalue weighted by molar-refractivity contribution is 0.0638. The zero-order valence-electron chi connectivity index (χ0n) is 14.9. The summed E-state index contributed by atoms with van der Waals surface area (Å²) in [6.45, 7) is -0.101. The van der Waals surface area contributed by atoms with Gasteiger partial charge in [0.2, 0.25) is 11.9 Å². The van der Waals surface area contributed by atoms with Gasteiger partial charge in [0.15, 0.2) is 5.82 Å². The van der Waals surface area contributed by atoms with E-state index in [2.05, 4.69) is 20.3 Å². The molecule has 1 aromatic heterocycles. The van der Waals surface area contributed by atoms with Crippen LogP contribution in [0.3, 0.4) is 0 Å². The second kappa shape index (κ2) is 6.95. The highest BCUT2D eigenvalue weighted by Crippen LogP contribution is 2.24. The number of hydrogen-bond donors (Lipinski definition) is 2. The summed E-state index contributed by atoms with van der Waals surface area (Å²) in [5.41, 5.74) is 7.23. The fourth-order valence-electron chi connectivity index (χ4n) is 2.89.